The molecule has 0 bridgehead atoms. The number of nitrogens with zero attached hydrogens (tertiary/aromatic N) is 2. The number of sulfonamides is 1. The molecule has 4 rings (SSSR count). The predicted molar refractivity (Wildman–Crippen MR) is 139 cm³/mol. The Labute approximate surface area is 217 Å². The van der Waals surface area contributed by atoms with E-state index < -0.39 is 27.1 Å². The summed E-state index contributed by atoms with van der Waals surface area (Å²) in [5, 5.41) is 2.12. The zero-order chi connectivity index (χ0) is 26.6. The van der Waals surface area contributed by atoms with Crippen molar-refractivity contribution in [1.29, 1.82) is 0 Å². The average molecular weight is 532 g/mol. The van der Waals surface area contributed by atoms with Crippen LogP contribution in [0.25, 0.3) is 0 Å². The fourth-order valence-electron chi connectivity index (χ4n) is 5.17. The molecular weight excluding hydrogens is 497 g/mol. The third-order valence-electron chi connectivity index (χ3n) is 7.24. The van der Waals surface area contributed by atoms with Gasteiger partial charge in [-0.2, -0.15) is 4.31 Å². The van der Waals surface area contributed by atoms with E-state index in [1.807, 2.05) is 30.3 Å². The van der Waals surface area contributed by atoms with E-state index in [9.17, 15) is 18.0 Å². The van der Waals surface area contributed by atoms with Gasteiger partial charge in [0.2, 0.25) is 15.9 Å². The van der Waals surface area contributed by atoms with Crippen LogP contribution in [0.4, 0.5) is 14.9 Å². The Hall–Kier alpha value is -2.98. The first kappa shape index (κ1) is 27.1. The van der Waals surface area contributed by atoms with Crippen molar-refractivity contribution in [3.8, 4) is 0 Å². The van der Waals surface area contributed by atoms with Crippen LogP contribution in [0.15, 0.2) is 48.5 Å². The lowest BCUT2D eigenvalue weighted by molar-refractivity contribution is -0.121. The van der Waals surface area contributed by atoms with Crippen LogP contribution in [0, 0.1) is 11.7 Å². The van der Waals surface area contributed by atoms with E-state index >= 15 is 4.39 Å². The van der Waals surface area contributed by atoms with Crippen LogP contribution in [0.2, 0.25) is 0 Å². The maximum absolute atomic E-state index is 15.2. The second kappa shape index (κ2) is 11.6. The third-order valence-corrected chi connectivity index (χ3v) is 9.62. The van der Waals surface area contributed by atoms with Gasteiger partial charge in [-0.15, -0.1) is 0 Å². The van der Waals surface area contributed by atoms with Crippen molar-refractivity contribution in [2.45, 2.75) is 50.8 Å². The van der Waals surface area contributed by atoms with Crippen molar-refractivity contribution in [2.75, 3.05) is 31.6 Å². The van der Waals surface area contributed by atoms with E-state index in [0.717, 1.165) is 5.56 Å². The first-order chi connectivity index (χ1) is 17.7. The van der Waals surface area contributed by atoms with Crippen LogP contribution in [0.1, 0.15) is 61.9 Å². The highest BCUT2D eigenvalue weighted by atomic mass is 32.2. The second-order valence-electron chi connectivity index (χ2n) is 9.56. The van der Waals surface area contributed by atoms with Gasteiger partial charge < -0.3 is 15.0 Å². The lowest BCUT2D eigenvalue weighted by Gasteiger charge is -2.36. The first-order valence-corrected chi connectivity index (χ1v) is 14.3. The second-order valence-corrected chi connectivity index (χ2v) is 11.6. The molecule has 2 aliphatic rings. The summed E-state index contributed by atoms with van der Waals surface area (Å²) in [4.78, 5) is 26.2. The molecule has 2 aromatic rings. The van der Waals surface area contributed by atoms with Crippen molar-refractivity contribution in [3.63, 3.8) is 0 Å². The Bertz CT molecular complexity index is 1220. The van der Waals surface area contributed by atoms with Crippen LogP contribution < -0.4 is 5.32 Å². The molecule has 0 saturated carbocycles. The van der Waals surface area contributed by atoms with E-state index in [2.05, 4.69) is 5.32 Å². The van der Waals surface area contributed by atoms with Gasteiger partial charge in [0.15, 0.2) is 0 Å². The minimum absolute atomic E-state index is 0.229. The van der Waals surface area contributed by atoms with Gasteiger partial charge >= 0.3 is 6.09 Å². The molecule has 1 N–H and O–H groups in total. The van der Waals surface area contributed by atoms with E-state index in [1.165, 1.54) is 10.4 Å². The molecule has 200 valence electrons. The third kappa shape index (κ3) is 5.96. The van der Waals surface area contributed by atoms with Crippen LogP contribution in [0.3, 0.4) is 0 Å². The normalized spacial score (nSPS) is 21.3. The number of hydrogen-bond acceptors (Lipinski definition) is 5. The molecule has 0 radical (unpaired) electrons. The van der Waals surface area contributed by atoms with Gasteiger partial charge in [-0.1, -0.05) is 36.4 Å². The topological polar surface area (TPSA) is 96.0 Å². The Morgan fingerprint density at radius 1 is 1.08 bits per heavy atom. The number of nitrogens with one attached hydrogen (secondary N) is 1. The fourth-order valence-corrected chi connectivity index (χ4v) is 7.41. The number of halogens is 1. The molecule has 2 unspecified atom stereocenters. The molecule has 2 saturated heterocycles. The minimum Gasteiger partial charge on any atom is -0.450 e. The Kier molecular flexibility index (Phi) is 8.49. The number of benzene rings is 2. The van der Waals surface area contributed by atoms with Gasteiger partial charge in [-0.05, 0) is 57.2 Å². The number of carbonyl (C=O) groups excluding carboxylic acids is 2. The lowest BCUT2D eigenvalue weighted by Crippen LogP contribution is -2.41. The minimum atomic E-state index is -3.68. The molecule has 10 heteroatoms. The summed E-state index contributed by atoms with van der Waals surface area (Å²) in [6.45, 7) is 4.92. The van der Waals surface area contributed by atoms with Gasteiger partial charge in [0, 0.05) is 42.8 Å². The highest BCUT2D eigenvalue weighted by Crippen LogP contribution is 2.39. The van der Waals surface area contributed by atoms with Crippen LogP contribution in [-0.2, 0) is 19.6 Å². The molecule has 8 nitrogen and oxygen atoms in total. The molecule has 0 aromatic heterocycles. The zero-order valence-corrected chi connectivity index (χ0v) is 22.0. The molecule has 2 heterocycles. The zero-order valence-electron chi connectivity index (χ0n) is 21.2. The van der Waals surface area contributed by atoms with Crippen LogP contribution in [0.5, 0.6) is 0 Å². The predicted octanol–water partition coefficient (Wildman–Crippen LogP) is 4.86. The highest BCUT2D eigenvalue weighted by Gasteiger charge is 2.40. The van der Waals surface area contributed by atoms with E-state index in [1.54, 1.807) is 30.9 Å². The number of anilines is 1. The molecule has 2 amide bonds. The molecule has 2 aliphatic heterocycles. The summed E-state index contributed by atoms with van der Waals surface area (Å²) in [6.07, 6.45) is 1.84. The number of amides is 2. The number of likely N-dealkylation sites (tertiary alicyclic amines) is 1. The van der Waals surface area contributed by atoms with Crippen LogP contribution >= 0.6 is 0 Å². The molecular formula is C27H34FN3O5S. The smallest absolute Gasteiger partial charge is 0.409 e. The van der Waals surface area contributed by atoms with Crippen molar-refractivity contribution in [3.05, 3.63) is 65.5 Å². The van der Waals surface area contributed by atoms with Gasteiger partial charge in [-0.3, -0.25) is 4.79 Å². The summed E-state index contributed by atoms with van der Waals surface area (Å²) in [7, 11) is -3.68. The number of ether oxygens (including phenoxy) is 1. The van der Waals surface area contributed by atoms with Crippen molar-refractivity contribution < 1.29 is 27.1 Å². The standard InChI is InChI=1S/C27H34FN3O5S/c1-3-36-27(33)30-16-13-21(14-17-30)26(32)29-22-11-12-23(24(28)18-22)19(2)31-15-7-10-25(37(31,34)35)20-8-5-4-6-9-20/h4-6,8-9,11-12,18-19,21,25H,3,7,10,13-17H2,1-2H3,(H,29,32). The Morgan fingerprint density at radius 3 is 2.43 bits per heavy atom. The van der Waals surface area contributed by atoms with E-state index in [0.29, 0.717) is 57.6 Å². The first-order valence-electron chi connectivity index (χ1n) is 12.8. The Balaban J connectivity index is 1.41. The van der Waals surface area contributed by atoms with E-state index in [4.69, 9.17) is 4.74 Å². The van der Waals surface area contributed by atoms with E-state index in [-0.39, 0.29) is 23.5 Å². The highest BCUT2D eigenvalue weighted by molar-refractivity contribution is 7.89. The SMILES string of the molecule is CCOC(=O)N1CCC(C(=O)Nc2ccc(C(C)N3CCCC(c4ccccc4)S3(=O)=O)c(F)c2)CC1. The molecule has 0 aliphatic carbocycles. The summed E-state index contributed by atoms with van der Waals surface area (Å²) < 4.78 is 48.5. The van der Waals surface area contributed by atoms with Gasteiger partial charge in [0.05, 0.1) is 6.61 Å². The number of rotatable bonds is 6. The molecule has 2 fully saturated rings. The molecule has 0 spiro atoms. The number of hydrogen-bond donors (Lipinski definition) is 1. The largest absolute Gasteiger partial charge is 0.450 e. The maximum Gasteiger partial charge on any atom is 0.409 e. The van der Waals surface area contributed by atoms with Gasteiger partial charge in [-0.25, -0.2) is 17.6 Å². The number of piperidine rings is 1. The summed E-state index contributed by atoms with van der Waals surface area (Å²) in [6, 6.07) is 12.8. The maximum atomic E-state index is 15.2. The molecule has 2 atom stereocenters. The van der Waals surface area contributed by atoms with Crippen molar-refractivity contribution in [1.82, 2.24) is 9.21 Å². The summed E-state index contributed by atoms with van der Waals surface area (Å²) in [5.74, 6) is -1.09. The monoisotopic (exact) mass is 531 g/mol. The Morgan fingerprint density at radius 2 is 1.78 bits per heavy atom. The van der Waals surface area contributed by atoms with Crippen molar-refractivity contribution >= 4 is 27.7 Å². The molecule has 2 aromatic carbocycles. The molecule has 37 heavy (non-hydrogen) atoms. The number of carbonyl (C=O) groups is 2. The summed E-state index contributed by atoms with van der Waals surface area (Å²) >= 11 is 0. The van der Waals surface area contributed by atoms with Gasteiger partial charge in [0.1, 0.15) is 11.1 Å². The van der Waals surface area contributed by atoms with Crippen molar-refractivity contribution in [2.24, 2.45) is 5.92 Å². The lowest BCUT2D eigenvalue weighted by atomic mass is 9.96. The van der Waals surface area contributed by atoms with Gasteiger partial charge in [0.25, 0.3) is 0 Å². The van der Waals surface area contributed by atoms with Crippen LogP contribution in [-0.4, -0.2) is 55.9 Å². The average Bonchev–Trinajstić information content (AvgIpc) is 2.89. The summed E-state index contributed by atoms with van der Waals surface area (Å²) in [5.41, 5.74) is 1.32. The fraction of sp³-hybridized carbons (Fsp3) is 0.481. The quantitative estimate of drug-likeness (QED) is 0.574.